The van der Waals surface area contributed by atoms with E-state index in [4.69, 9.17) is 9.47 Å². The highest BCUT2D eigenvalue weighted by molar-refractivity contribution is 5.99. The number of ether oxygens (including phenoxy) is 2. The van der Waals surface area contributed by atoms with Gasteiger partial charge in [0.15, 0.2) is 11.4 Å². The van der Waals surface area contributed by atoms with Crippen molar-refractivity contribution in [2.45, 2.75) is 13.0 Å². The summed E-state index contributed by atoms with van der Waals surface area (Å²) in [6, 6.07) is 2.89. The lowest BCUT2D eigenvalue weighted by molar-refractivity contribution is 0.0656. The van der Waals surface area contributed by atoms with Gasteiger partial charge in [-0.05, 0) is 12.5 Å². The average molecular weight is 480 g/mol. The summed E-state index contributed by atoms with van der Waals surface area (Å²) >= 11 is 0. The van der Waals surface area contributed by atoms with Gasteiger partial charge < -0.3 is 24.8 Å². The van der Waals surface area contributed by atoms with E-state index in [-0.39, 0.29) is 31.1 Å². The van der Waals surface area contributed by atoms with Crippen LogP contribution in [0, 0.1) is 11.6 Å². The number of carbonyl (C=O) groups is 2. The number of amides is 2. The van der Waals surface area contributed by atoms with Crippen molar-refractivity contribution in [3.63, 3.8) is 0 Å². The predicted octanol–water partition coefficient (Wildman–Crippen LogP) is 0.796. The van der Waals surface area contributed by atoms with Crippen molar-refractivity contribution in [1.82, 2.24) is 14.9 Å². The molecule has 0 radical (unpaired) electrons. The van der Waals surface area contributed by atoms with Crippen LogP contribution in [-0.2, 0) is 16.0 Å². The summed E-state index contributed by atoms with van der Waals surface area (Å²) < 4.78 is 38.4. The number of methoxy groups -OCH3 is 2. The van der Waals surface area contributed by atoms with Crippen LogP contribution in [0.2, 0.25) is 0 Å². The fourth-order valence-corrected chi connectivity index (χ4v) is 3.54. The zero-order chi connectivity index (χ0) is 24.8. The first kappa shape index (κ1) is 25.1. The van der Waals surface area contributed by atoms with Crippen molar-refractivity contribution in [2.75, 3.05) is 52.2 Å². The van der Waals surface area contributed by atoms with Gasteiger partial charge in [-0.3, -0.25) is 24.1 Å². The Morgan fingerprint density at radius 3 is 2.56 bits per heavy atom. The van der Waals surface area contributed by atoms with Crippen molar-refractivity contribution in [2.24, 2.45) is 0 Å². The maximum atomic E-state index is 13.9. The van der Waals surface area contributed by atoms with Gasteiger partial charge in [-0.25, -0.2) is 8.78 Å². The number of fused-ring (bicyclic) bond motifs is 1. The van der Waals surface area contributed by atoms with Crippen LogP contribution in [0.3, 0.4) is 0 Å². The van der Waals surface area contributed by atoms with Crippen LogP contribution in [0.4, 0.5) is 8.78 Å². The van der Waals surface area contributed by atoms with E-state index >= 15 is 0 Å². The summed E-state index contributed by atoms with van der Waals surface area (Å²) in [5, 5.41) is 14.6. The number of pyridine rings is 1. The first-order chi connectivity index (χ1) is 16.3. The lowest BCUT2D eigenvalue weighted by atomic mass is 10.1. The molecule has 34 heavy (non-hydrogen) atoms. The van der Waals surface area contributed by atoms with E-state index in [0.29, 0.717) is 32.2 Å². The van der Waals surface area contributed by atoms with Gasteiger partial charge in [-0.1, -0.05) is 6.07 Å². The molecule has 0 aliphatic carbocycles. The number of carbonyl (C=O) groups excluding carboxylic acids is 2. The van der Waals surface area contributed by atoms with Gasteiger partial charge in [-0.15, -0.1) is 0 Å². The second kappa shape index (κ2) is 11.1. The standard InChI is InChI=1S/C22H26F2N4O6/c1-33-8-3-6-26-13-27(7-9-34-2)28-12-16(19(29)20(30)18(28)22(26)32)21(31)25-11-14-4-5-15(23)10-17(14)24/h4-5,10,12,30H,3,6-9,11,13H2,1-2H3,(H,25,31). The fraction of sp³-hybridized carbons (Fsp3) is 0.409. The van der Waals surface area contributed by atoms with E-state index in [1.54, 1.807) is 12.1 Å². The zero-order valence-electron chi connectivity index (χ0n) is 18.8. The summed E-state index contributed by atoms with van der Waals surface area (Å²) in [4.78, 5) is 39.9. The summed E-state index contributed by atoms with van der Waals surface area (Å²) in [7, 11) is 3.04. The van der Waals surface area contributed by atoms with Gasteiger partial charge >= 0.3 is 0 Å². The molecule has 184 valence electrons. The molecule has 1 aliphatic rings. The number of halogens is 2. The minimum atomic E-state index is -1.04. The van der Waals surface area contributed by atoms with Gasteiger partial charge in [0.25, 0.3) is 11.8 Å². The largest absolute Gasteiger partial charge is 0.502 e. The predicted molar refractivity (Wildman–Crippen MR) is 117 cm³/mol. The average Bonchev–Trinajstić information content (AvgIpc) is 2.81. The van der Waals surface area contributed by atoms with Gasteiger partial charge in [0.2, 0.25) is 5.43 Å². The number of aromatic hydroxyl groups is 1. The molecule has 0 saturated heterocycles. The van der Waals surface area contributed by atoms with Crippen LogP contribution in [-0.4, -0.2) is 73.7 Å². The number of aromatic nitrogens is 1. The summed E-state index contributed by atoms with van der Waals surface area (Å²) in [5.74, 6) is -3.94. The third kappa shape index (κ3) is 5.34. The summed E-state index contributed by atoms with van der Waals surface area (Å²) in [6.07, 6.45) is 1.71. The Balaban J connectivity index is 1.91. The van der Waals surface area contributed by atoms with Gasteiger partial charge in [0.05, 0.1) is 13.2 Å². The molecule has 3 rings (SSSR count). The molecule has 0 unspecified atom stereocenters. The fourth-order valence-electron chi connectivity index (χ4n) is 3.54. The van der Waals surface area contributed by atoms with Crippen molar-refractivity contribution in [3.05, 3.63) is 63.1 Å². The van der Waals surface area contributed by atoms with E-state index in [2.05, 4.69) is 5.32 Å². The highest BCUT2D eigenvalue weighted by Crippen LogP contribution is 2.21. The maximum Gasteiger partial charge on any atom is 0.277 e. The molecule has 0 atom stereocenters. The second-order valence-electron chi connectivity index (χ2n) is 7.61. The van der Waals surface area contributed by atoms with Crippen LogP contribution in [0.25, 0.3) is 0 Å². The minimum absolute atomic E-state index is 0.0145. The van der Waals surface area contributed by atoms with Crippen LogP contribution >= 0.6 is 0 Å². The molecule has 0 spiro atoms. The van der Waals surface area contributed by atoms with E-state index in [1.165, 1.54) is 22.8 Å². The maximum absolute atomic E-state index is 13.9. The molecule has 0 saturated carbocycles. The topological polar surface area (TPSA) is 113 Å². The third-order valence-electron chi connectivity index (χ3n) is 5.32. The number of hydrogen-bond acceptors (Lipinski definition) is 7. The molecule has 2 aromatic rings. The van der Waals surface area contributed by atoms with Crippen LogP contribution in [0.1, 0.15) is 32.8 Å². The van der Waals surface area contributed by atoms with Crippen molar-refractivity contribution < 1.29 is 33.0 Å². The summed E-state index contributed by atoms with van der Waals surface area (Å²) in [6.45, 7) is 1.14. The Hall–Kier alpha value is -3.51. The Morgan fingerprint density at radius 2 is 1.88 bits per heavy atom. The molecule has 0 fully saturated rings. The molecule has 1 aromatic carbocycles. The third-order valence-corrected chi connectivity index (χ3v) is 5.32. The zero-order valence-corrected chi connectivity index (χ0v) is 18.8. The highest BCUT2D eigenvalue weighted by Gasteiger charge is 2.34. The molecule has 0 bridgehead atoms. The molecular formula is C22H26F2N4O6. The smallest absolute Gasteiger partial charge is 0.277 e. The Morgan fingerprint density at radius 1 is 1.15 bits per heavy atom. The lowest BCUT2D eigenvalue weighted by Crippen LogP contribution is -2.55. The first-order valence-corrected chi connectivity index (χ1v) is 10.5. The Labute approximate surface area is 194 Å². The van der Waals surface area contributed by atoms with Gasteiger partial charge in [0, 0.05) is 51.7 Å². The number of rotatable bonds is 10. The molecule has 2 heterocycles. The molecule has 12 heteroatoms. The van der Waals surface area contributed by atoms with Crippen molar-refractivity contribution >= 4 is 11.8 Å². The van der Waals surface area contributed by atoms with Gasteiger partial charge in [0.1, 0.15) is 23.9 Å². The SMILES string of the molecule is COCCCN1CN(CCOC)n2cc(C(=O)NCc3ccc(F)cc3F)c(=O)c(O)c2C1=O. The van der Waals surface area contributed by atoms with E-state index in [9.17, 15) is 28.3 Å². The first-order valence-electron chi connectivity index (χ1n) is 10.5. The van der Waals surface area contributed by atoms with E-state index < -0.39 is 40.2 Å². The van der Waals surface area contributed by atoms with Crippen LogP contribution < -0.4 is 15.8 Å². The van der Waals surface area contributed by atoms with E-state index in [0.717, 1.165) is 12.3 Å². The number of hydrogen-bond donors (Lipinski definition) is 2. The minimum Gasteiger partial charge on any atom is -0.502 e. The molecule has 2 N–H and O–H groups in total. The second-order valence-corrected chi connectivity index (χ2v) is 7.61. The lowest BCUT2D eigenvalue weighted by Gasteiger charge is -2.39. The summed E-state index contributed by atoms with van der Waals surface area (Å²) in [5.41, 5.74) is -1.74. The Bertz CT molecular complexity index is 1120. The monoisotopic (exact) mass is 480 g/mol. The van der Waals surface area contributed by atoms with Gasteiger partial charge in [-0.2, -0.15) is 0 Å². The van der Waals surface area contributed by atoms with E-state index in [1.807, 2.05) is 0 Å². The number of nitrogens with zero attached hydrogens (tertiary/aromatic N) is 3. The Kier molecular flexibility index (Phi) is 8.18. The quantitative estimate of drug-likeness (QED) is 0.484. The van der Waals surface area contributed by atoms with Crippen LogP contribution in [0.5, 0.6) is 5.75 Å². The number of benzene rings is 1. The molecule has 1 aliphatic heterocycles. The molecule has 10 nitrogen and oxygen atoms in total. The van der Waals surface area contributed by atoms with Crippen molar-refractivity contribution in [1.29, 1.82) is 0 Å². The molecular weight excluding hydrogens is 454 g/mol. The highest BCUT2D eigenvalue weighted by atomic mass is 19.1. The number of nitrogens with one attached hydrogen (secondary N) is 1. The van der Waals surface area contributed by atoms with Crippen LogP contribution in [0.15, 0.2) is 29.2 Å². The van der Waals surface area contributed by atoms with Crippen molar-refractivity contribution in [3.8, 4) is 5.75 Å². The normalized spacial score (nSPS) is 13.2. The molecule has 2 amide bonds. The molecule has 1 aromatic heterocycles.